The third kappa shape index (κ3) is 4.42. The van der Waals surface area contributed by atoms with Crippen LogP contribution in [0.3, 0.4) is 0 Å². The number of allylic oxidation sites excluding steroid dienone is 1. The monoisotopic (exact) mass is 254 g/mol. The van der Waals surface area contributed by atoms with Gasteiger partial charge in [0, 0.05) is 0 Å². The van der Waals surface area contributed by atoms with Gasteiger partial charge in [0.1, 0.15) is 0 Å². The van der Waals surface area contributed by atoms with E-state index in [0.29, 0.717) is 11.8 Å². The van der Waals surface area contributed by atoms with E-state index < -0.39 is 0 Å². The summed E-state index contributed by atoms with van der Waals surface area (Å²) in [6, 6.07) is 0. The van der Waals surface area contributed by atoms with Gasteiger partial charge in [0.2, 0.25) is 0 Å². The normalized spacial score (nSPS) is 18.2. The number of aliphatic hydroxyl groups is 1. The molecule has 0 aromatic carbocycles. The molecule has 0 aliphatic rings. The van der Waals surface area contributed by atoms with Crippen molar-refractivity contribution in [1.29, 1.82) is 0 Å². The zero-order valence-corrected chi connectivity index (χ0v) is 13.6. The molecule has 0 aromatic rings. The fourth-order valence-electron chi connectivity index (χ4n) is 2.70. The molecule has 0 spiro atoms. The lowest BCUT2D eigenvalue weighted by Gasteiger charge is -2.41. The van der Waals surface area contributed by atoms with Crippen molar-refractivity contribution in [1.82, 2.24) is 0 Å². The predicted molar refractivity (Wildman–Crippen MR) is 81.6 cm³/mol. The molecule has 0 fully saturated rings. The second-order valence-corrected chi connectivity index (χ2v) is 7.11. The van der Waals surface area contributed by atoms with Gasteiger partial charge in [-0.2, -0.15) is 0 Å². The average Bonchev–Trinajstić information content (AvgIpc) is 2.28. The van der Waals surface area contributed by atoms with E-state index >= 15 is 0 Å². The first-order valence-corrected chi connectivity index (χ1v) is 7.43. The minimum atomic E-state index is -0.255. The average molecular weight is 254 g/mol. The molecular weight excluding hydrogens is 220 g/mol. The standard InChI is InChI=1S/C17H34O/c1-9-14(16(5,6)10-2)12-15(13(4)18)17(7,8)11-3/h9,13-15,18H,1,10-12H2,2-8H3/t13?,14-,15-/m0/s1. The first-order chi connectivity index (χ1) is 8.12. The third-order valence-corrected chi connectivity index (χ3v) is 5.20. The Bertz CT molecular complexity index is 250. The summed E-state index contributed by atoms with van der Waals surface area (Å²) in [4.78, 5) is 0. The Morgan fingerprint density at radius 1 is 1.06 bits per heavy atom. The number of hydrogen-bond donors (Lipinski definition) is 1. The molecule has 0 aliphatic heterocycles. The second-order valence-electron chi connectivity index (χ2n) is 7.11. The van der Waals surface area contributed by atoms with Crippen molar-refractivity contribution in [2.24, 2.45) is 22.7 Å². The molecule has 1 unspecified atom stereocenters. The Morgan fingerprint density at radius 3 is 1.78 bits per heavy atom. The first kappa shape index (κ1) is 17.7. The van der Waals surface area contributed by atoms with Crippen LogP contribution in [0.25, 0.3) is 0 Å². The van der Waals surface area contributed by atoms with E-state index in [-0.39, 0.29) is 16.9 Å². The largest absolute Gasteiger partial charge is 0.393 e. The lowest BCUT2D eigenvalue weighted by atomic mass is 9.65. The topological polar surface area (TPSA) is 20.2 Å². The molecule has 1 N–H and O–H groups in total. The summed E-state index contributed by atoms with van der Waals surface area (Å²) in [6.45, 7) is 19.5. The fourth-order valence-corrected chi connectivity index (χ4v) is 2.70. The van der Waals surface area contributed by atoms with Gasteiger partial charge in [-0.05, 0) is 36.0 Å². The minimum Gasteiger partial charge on any atom is -0.393 e. The highest BCUT2D eigenvalue weighted by atomic mass is 16.3. The smallest absolute Gasteiger partial charge is 0.0545 e. The van der Waals surface area contributed by atoms with Gasteiger partial charge in [0.25, 0.3) is 0 Å². The van der Waals surface area contributed by atoms with Crippen molar-refractivity contribution >= 4 is 0 Å². The van der Waals surface area contributed by atoms with Gasteiger partial charge in [0.05, 0.1) is 6.10 Å². The van der Waals surface area contributed by atoms with Crippen molar-refractivity contribution < 1.29 is 5.11 Å². The summed E-state index contributed by atoms with van der Waals surface area (Å²) in [5.74, 6) is 0.796. The van der Waals surface area contributed by atoms with Gasteiger partial charge in [-0.25, -0.2) is 0 Å². The van der Waals surface area contributed by atoms with Crippen LogP contribution in [0, 0.1) is 22.7 Å². The van der Waals surface area contributed by atoms with Crippen LogP contribution < -0.4 is 0 Å². The quantitative estimate of drug-likeness (QED) is 0.601. The molecular formula is C17H34O. The maximum absolute atomic E-state index is 10.1. The van der Waals surface area contributed by atoms with E-state index in [1.54, 1.807) is 0 Å². The molecule has 1 nitrogen and oxygen atoms in total. The molecule has 0 aromatic heterocycles. The highest BCUT2D eigenvalue weighted by molar-refractivity contribution is 4.94. The molecule has 108 valence electrons. The van der Waals surface area contributed by atoms with Crippen molar-refractivity contribution in [2.75, 3.05) is 0 Å². The number of hydrogen-bond acceptors (Lipinski definition) is 1. The van der Waals surface area contributed by atoms with Crippen LogP contribution in [0.2, 0.25) is 0 Å². The van der Waals surface area contributed by atoms with Crippen LogP contribution in [0.15, 0.2) is 12.7 Å². The molecule has 1 heteroatoms. The van der Waals surface area contributed by atoms with Gasteiger partial charge in [-0.3, -0.25) is 0 Å². The van der Waals surface area contributed by atoms with Crippen molar-refractivity contribution in [3.63, 3.8) is 0 Å². The van der Waals surface area contributed by atoms with Crippen LogP contribution >= 0.6 is 0 Å². The number of rotatable bonds is 8. The third-order valence-electron chi connectivity index (χ3n) is 5.20. The summed E-state index contributed by atoms with van der Waals surface area (Å²) in [6.07, 6.45) is 5.10. The van der Waals surface area contributed by atoms with Crippen LogP contribution in [0.4, 0.5) is 0 Å². The summed E-state index contributed by atoms with van der Waals surface area (Å²) in [5, 5.41) is 10.1. The lowest BCUT2D eigenvalue weighted by molar-refractivity contribution is 0.0190. The summed E-state index contributed by atoms with van der Waals surface area (Å²) in [5.41, 5.74) is 0.442. The van der Waals surface area contributed by atoms with Crippen molar-refractivity contribution in [3.8, 4) is 0 Å². The maximum atomic E-state index is 10.1. The Labute approximate surface area is 115 Å². The second kappa shape index (κ2) is 6.75. The van der Waals surface area contributed by atoms with Gasteiger partial charge in [-0.1, -0.05) is 60.5 Å². The molecule has 0 radical (unpaired) electrons. The van der Waals surface area contributed by atoms with E-state index in [0.717, 1.165) is 19.3 Å². The fraction of sp³-hybridized carbons (Fsp3) is 0.882. The van der Waals surface area contributed by atoms with Crippen molar-refractivity contribution in [3.05, 3.63) is 12.7 Å². The van der Waals surface area contributed by atoms with Gasteiger partial charge >= 0.3 is 0 Å². The Balaban J connectivity index is 5.03. The molecule has 0 bridgehead atoms. The van der Waals surface area contributed by atoms with E-state index in [1.807, 2.05) is 6.92 Å². The van der Waals surface area contributed by atoms with Gasteiger partial charge < -0.3 is 5.11 Å². The van der Waals surface area contributed by atoms with E-state index in [2.05, 4.69) is 54.2 Å². The van der Waals surface area contributed by atoms with Crippen LogP contribution in [-0.4, -0.2) is 11.2 Å². The molecule has 3 atom stereocenters. The van der Waals surface area contributed by atoms with Crippen molar-refractivity contribution in [2.45, 2.75) is 73.8 Å². The molecule has 18 heavy (non-hydrogen) atoms. The minimum absolute atomic E-state index is 0.180. The van der Waals surface area contributed by atoms with Crippen LogP contribution in [-0.2, 0) is 0 Å². The molecule has 0 heterocycles. The van der Waals surface area contributed by atoms with E-state index in [9.17, 15) is 5.11 Å². The number of aliphatic hydroxyl groups excluding tert-OH is 1. The summed E-state index contributed by atoms with van der Waals surface area (Å²) in [7, 11) is 0. The van der Waals surface area contributed by atoms with Crippen LogP contribution in [0.5, 0.6) is 0 Å². The highest BCUT2D eigenvalue weighted by Crippen LogP contribution is 2.43. The zero-order valence-electron chi connectivity index (χ0n) is 13.6. The molecule has 0 saturated heterocycles. The zero-order chi connectivity index (χ0) is 14.6. The predicted octanol–water partition coefficient (Wildman–Crippen LogP) is 5.05. The van der Waals surface area contributed by atoms with Gasteiger partial charge in [0.15, 0.2) is 0 Å². The Hall–Kier alpha value is -0.300. The molecule has 0 aliphatic carbocycles. The summed E-state index contributed by atoms with van der Waals surface area (Å²) < 4.78 is 0. The summed E-state index contributed by atoms with van der Waals surface area (Å²) >= 11 is 0. The van der Waals surface area contributed by atoms with E-state index in [4.69, 9.17) is 0 Å². The molecule has 0 rings (SSSR count). The SMILES string of the molecule is C=C[C@@H](C[C@@H](C(C)O)C(C)(C)CC)C(C)(C)CC. The Kier molecular flexibility index (Phi) is 6.63. The van der Waals surface area contributed by atoms with Crippen LogP contribution in [0.1, 0.15) is 67.7 Å². The maximum Gasteiger partial charge on any atom is 0.0545 e. The van der Waals surface area contributed by atoms with E-state index in [1.165, 1.54) is 0 Å². The molecule has 0 saturated carbocycles. The highest BCUT2D eigenvalue weighted by Gasteiger charge is 2.36. The Morgan fingerprint density at radius 2 is 1.50 bits per heavy atom. The first-order valence-electron chi connectivity index (χ1n) is 7.43. The van der Waals surface area contributed by atoms with Gasteiger partial charge in [-0.15, -0.1) is 6.58 Å². The lowest BCUT2D eigenvalue weighted by Crippen LogP contribution is -2.36. The molecule has 0 amide bonds.